The Hall–Kier alpha value is -0.860. The van der Waals surface area contributed by atoms with E-state index in [0.29, 0.717) is 0 Å². The van der Waals surface area contributed by atoms with Gasteiger partial charge in [0.2, 0.25) is 0 Å². The normalized spacial score (nSPS) is 27.1. The number of benzene rings is 1. The lowest BCUT2D eigenvalue weighted by Crippen LogP contribution is -2.39. The predicted molar refractivity (Wildman–Crippen MR) is 77.4 cm³/mol. The van der Waals surface area contributed by atoms with Crippen LogP contribution in [0.4, 0.5) is 0 Å². The van der Waals surface area contributed by atoms with Gasteiger partial charge in [0, 0.05) is 19.1 Å². The van der Waals surface area contributed by atoms with Crippen LogP contribution in [0.15, 0.2) is 30.3 Å². The third-order valence-electron chi connectivity index (χ3n) is 3.93. The molecule has 1 heterocycles. The first kappa shape index (κ1) is 13.6. The Kier molecular flexibility index (Phi) is 4.79. The molecule has 1 aromatic rings. The highest BCUT2D eigenvalue weighted by molar-refractivity contribution is 5.18. The van der Waals surface area contributed by atoms with Crippen molar-refractivity contribution in [3.8, 4) is 0 Å². The topological polar surface area (TPSA) is 29.3 Å². The molecule has 2 nitrogen and oxygen atoms in total. The van der Waals surface area contributed by atoms with Crippen LogP contribution in [0.5, 0.6) is 0 Å². The van der Waals surface area contributed by atoms with E-state index in [-0.39, 0.29) is 6.04 Å². The Morgan fingerprint density at radius 2 is 1.78 bits per heavy atom. The molecule has 2 heteroatoms. The second-order valence-electron chi connectivity index (χ2n) is 6.01. The first-order valence-electron chi connectivity index (χ1n) is 7.18. The van der Waals surface area contributed by atoms with E-state index in [1.54, 1.807) is 0 Å². The predicted octanol–water partition coefficient (Wildman–Crippen LogP) is 3.05. The van der Waals surface area contributed by atoms with Crippen molar-refractivity contribution in [3.63, 3.8) is 0 Å². The number of piperidine rings is 1. The molecule has 0 bridgehead atoms. The molecule has 3 unspecified atom stereocenters. The van der Waals surface area contributed by atoms with Crippen molar-refractivity contribution in [2.75, 3.05) is 19.6 Å². The lowest BCUT2D eigenvalue weighted by Gasteiger charge is -2.35. The Labute approximate surface area is 111 Å². The summed E-state index contributed by atoms with van der Waals surface area (Å²) in [5.74, 6) is 1.67. The van der Waals surface area contributed by atoms with Gasteiger partial charge in [-0.2, -0.15) is 0 Å². The van der Waals surface area contributed by atoms with Gasteiger partial charge in [0.15, 0.2) is 0 Å². The summed E-state index contributed by atoms with van der Waals surface area (Å²) in [5, 5.41) is 0. The minimum Gasteiger partial charge on any atom is -0.324 e. The van der Waals surface area contributed by atoms with Crippen LogP contribution in [0.25, 0.3) is 0 Å². The number of nitrogens with two attached hydrogens (primary N) is 1. The monoisotopic (exact) mass is 246 g/mol. The maximum atomic E-state index is 6.25. The van der Waals surface area contributed by atoms with Crippen molar-refractivity contribution in [2.24, 2.45) is 17.6 Å². The fourth-order valence-electron chi connectivity index (χ4n) is 3.16. The standard InChI is InChI=1S/C16H26N2/c1-13-10-14(2)12-18(11-13)9-8-16(17)15-6-4-3-5-7-15/h3-7,13-14,16H,8-12,17H2,1-2H3. The zero-order chi connectivity index (χ0) is 13.0. The molecular weight excluding hydrogens is 220 g/mol. The van der Waals surface area contributed by atoms with Gasteiger partial charge in [-0.1, -0.05) is 44.2 Å². The zero-order valence-corrected chi connectivity index (χ0v) is 11.7. The molecule has 3 atom stereocenters. The van der Waals surface area contributed by atoms with E-state index in [1.165, 1.54) is 25.1 Å². The molecule has 0 aliphatic carbocycles. The van der Waals surface area contributed by atoms with Gasteiger partial charge in [0.1, 0.15) is 0 Å². The molecule has 1 aliphatic rings. The molecule has 2 N–H and O–H groups in total. The van der Waals surface area contributed by atoms with Gasteiger partial charge in [-0.3, -0.25) is 0 Å². The Morgan fingerprint density at radius 1 is 1.17 bits per heavy atom. The lowest BCUT2D eigenvalue weighted by molar-refractivity contribution is 0.137. The van der Waals surface area contributed by atoms with Crippen LogP contribution in [0.1, 0.15) is 38.3 Å². The molecule has 1 aromatic carbocycles. The molecule has 0 radical (unpaired) electrons. The third kappa shape index (κ3) is 3.82. The van der Waals surface area contributed by atoms with E-state index in [2.05, 4.69) is 43.0 Å². The molecule has 1 fully saturated rings. The number of nitrogens with zero attached hydrogens (tertiary/aromatic N) is 1. The number of hydrogen-bond acceptors (Lipinski definition) is 2. The van der Waals surface area contributed by atoms with Gasteiger partial charge in [-0.05, 0) is 36.8 Å². The highest BCUT2D eigenvalue weighted by Gasteiger charge is 2.21. The smallest absolute Gasteiger partial charge is 0.0307 e. The van der Waals surface area contributed by atoms with Gasteiger partial charge in [-0.15, -0.1) is 0 Å². The summed E-state index contributed by atoms with van der Waals surface area (Å²) < 4.78 is 0. The van der Waals surface area contributed by atoms with Crippen LogP contribution in [0.2, 0.25) is 0 Å². The number of hydrogen-bond donors (Lipinski definition) is 1. The Bertz CT molecular complexity index is 339. The summed E-state index contributed by atoms with van der Waals surface area (Å²) in [6, 6.07) is 10.6. The van der Waals surface area contributed by atoms with Gasteiger partial charge >= 0.3 is 0 Å². The molecule has 0 aromatic heterocycles. The summed E-state index contributed by atoms with van der Waals surface area (Å²) in [7, 11) is 0. The molecule has 18 heavy (non-hydrogen) atoms. The van der Waals surface area contributed by atoms with Gasteiger partial charge in [-0.25, -0.2) is 0 Å². The van der Waals surface area contributed by atoms with Gasteiger partial charge in [0.25, 0.3) is 0 Å². The van der Waals surface area contributed by atoms with Crippen molar-refractivity contribution in [1.29, 1.82) is 0 Å². The fraction of sp³-hybridized carbons (Fsp3) is 0.625. The van der Waals surface area contributed by atoms with E-state index in [4.69, 9.17) is 5.73 Å². The van der Waals surface area contributed by atoms with E-state index in [0.717, 1.165) is 24.8 Å². The Balaban J connectivity index is 1.81. The largest absolute Gasteiger partial charge is 0.324 e. The number of likely N-dealkylation sites (tertiary alicyclic amines) is 1. The van der Waals surface area contributed by atoms with Crippen molar-refractivity contribution in [1.82, 2.24) is 4.90 Å². The summed E-state index contributed by atoms with van der Waals surface area (Å²) >= 11 is 0. The van der Waals surface area contributed by atoms with Crippen molar-refractivity contribution < 1.29 is 0 Å². The quantitative estimate of drug-likeness (QED) is 0.884. The molecule has 0 saturated carbocycles. The van der Waals surface area contributed by atoms with Crippen molar-refractivity contribution in [2.45, 2.75) is 32.7 Å². The summed E-state index contributed by atoms with van der Waals surface area (Å²) in [5.41, 5.74) is 7.51. The maximum Gasteiger partial charge on any atom is 0.0307 e. The third-order valence-corrected chi connectivity index (χ3v) is 3.93. The molecular formula is C16H26N2. The van der Waals surface area contributed by atoms with Gasteiger partial charge < -0.3 is 10.6 Å². The molecule has 0 spiro atoms. The molecule has 0 amide bonds. The van der Waals surface area contributed by atoms with Crippen molar-refractivity contribution in [3.05, 3.63) is 35.9 Å². The van der Waals surface area contributed by atoms with Crippen LogP contribution in [0.3, 0.4) is 0 Å². The van der Waals surface area contributed by atoms with Crippen LogP contribution >= 0.6 is 0 Å². The summed E-state index contributed by atoms with van der Waals surface area (Å²) in [6.45, 7) is 8.34. The summed E-state index contributed by atoms with van der Waals surface area (Å²) in [4.78, 5) is 2.58. The number of rotatable bonds is 4. The highest BCUT2D eigenvalue weighted by atomic mass is 15.1. The highest BCUT2D eigenvalue weighted by Crippen LogP contribution is 2.22. The molecule has 2 rings (SSSR count). The second-order valence-corrected chi connectivity index (χ2v) is 6.01. The van der Waals surface area contributed by atoms with Crippen LogP contribution in [0, 0.1) is 11.8 Å². The average Bonchev–Trinajstić information content (AvgIpc) is 2.36. The average molecular weight is 246 g/mol. The van der Waals surface area contributed by atoms with E-state index < -0.39 is 0 Å². The Morgan fingerprint density at radius 3 is 2.39 bits per heavy atom. The minimum absolute atomic E-state index is 0.179. The van der Waals surface area contributed by atoms with Crippen LogP contribution < -0.4 is 5.73 Å². The van der Waals surface area contributed by atoms with E-state index in [9.17, 15) is 0 Å². The van der Waals surface area contributed by atoms with Crippen molar-refractivity contribution >= 4 is 0 Å². The van der Waals surface area contributed by atoms with Crippen LogP contribution in [-0.2, 0) is 0 Å². The fourth-order valence-corrected chi connectivity index (χ4v) is 3.16. The maximum absolute atomic E-state index is 6.25. The van der Waals surface area contributed by atoms with Crippen LogP contribution in [-0.4, -0.2) is 24.5 Å². The molecule has 1 aliphatic heterocycles. The molecule has 100 valence electrons. The van der Waals surface area contributed by atoms with E-state index >= 15 is 0 Å². The van der Waals surface area contributed by atoms with E-state index in [1.807, 2.05) is 6.07 Å². The first-order valence-corrected chi connectivity index (χ1v) is 7.18. The zero-order valence-electron chi connectivity index (χ0n) is 11.7. The SMILES string of the molecule is CC1CC(C)CN(CCC(N)c2ccccc2)C1. The minimum atomic E-state index is 0.179. The first-order chi connectivity index (χ1) is 8.65. The molecule has 1 saturated heterocycles. The van der Waals surface area contributed by atoms with Gasteiger partial charge in [0.05, 0.1) is 0 Å². The summed E-state index contributed by atoms with van der Waals surface area (Å²) in [6.07, 6.45) is 2.44. The lowest BCUT2D eigenvalue weighted by atomic mass is 9.91. The second kappa shape index (κ2) is 6.35.